The molecule has 0 nitrogen and oxygen atoms in total. The first-order valence-corrected chi connectivity index (χ1v) is 3.03. The van der Waals surface area contributed by atoms with Crippen molar-refractivity contribution >= 4 is 0 Å². The van der Waals surface area contributed by atoms with E-state index in [1.54, 1.807) is 6.08 Å². The Morgan fingerprint density at radius 3 is 1.67 bits per heavy atom. The van der Waals surface area contributed by atoms with Gasteiger partial charge >= 0.3 is 0 Å². The zero-order valence-corrected chi connectivity index (χ0v) is 9.40. The van der Waals surface area contributed by atoms with Crippen LogP contribution in [0.15, 0.2) is 12.2 Å². The third kappa shape index (κ3) is 53.3. The van der Waals surface area contributed by atoms with Crippen molar-refractivity contribution in [2.24, 2.45) is 0 Å². The average molecular weight is 201 g/mol. The molecule has 0 saturated carbocycles. The summed E-state index contributed by atoms with van der Waals surface area (Å²) in [6.45, 7) is 11.1. The van der Waals surface area contributed by atoms with Gasteiger partial charge in [0.25, 0.3) is 0 Å². The summed E-state index contributed by atoms with van der Waals surface area (Å²) < 4.78 is 0. The topological polar surface area (TPSA) is 0 Å². The van der Waals surface area contributed by atoms with E-state index in [-0.39, 0.29) is 32.7 Å². The summed E-state index contributed by atoms with van der Waals surface area (Å²) in [6, 6.07) is 0. The minimum Gasteiger partial charge on any atom is -0.343 e. The average Bonchev–Trinajstić information content (AvgIpc) is 1.88. The Labute approximate surface area is 85.0 Å². The van der Waals surface area contributed by atoms with Crippen LogP contribution in [0.25, 0.3) is 0 Å². The largest absolute Gasteiger partial charge is 0.343 e. The SMILES string of the molecule is [CH2-]/C=C/C.[CH2-]CCC.[Y]. The molecule has 1 radical (unpaired) electrons. The standard InChI is InChI=1S/C4H9.C4H7.Y/c2*1-3-4-2;/h1,3-4H2,2H3;3-4H,1H2,2H3;/q2*-1;/b;4-3+;. The predicted molar refractivity (Wildman–Crippen MR) is 40.4 cm³/mol. The normalized spacial score (nSPS) is 7.44. The second kappa shape index (κ2) is 23.3. The Balaban J connectivity index is -0.0000000720. The van der Waals surface area contributed by atoms with Gasteiger partial charge < -0.3 is 6.92 Å². The second-order valence-corrected chi connectivity index (χ2v) is 1.42. The maximum absolute atomic E-state index is 3.60. The van der Waals surface area contributed by atoms with Crippen molar-refractivity contribution in [3.63, 3.8) is 0 Å². The Kier molecular flexibility index (Phi) is 42.4. The predicted octanol–water partition coefficient (Wildman–Crippen LogP) is 3.01. The molecule has 0 aliphatic heterocycles. The molecular formula is C8H16Y-2. The molecule has 0 atom stereocenters. The quantitative estimate of drug-likeness (QED) is 0.572. The van der Waals surface area contributed by atoms with Crippen LogP contribution in [0, 0.1) is 13.8 Å². The number of hydrogen-bond acceptors (Lipinski definition) is 0. The fraction of sp³-hybridized carbons (Fsp3) is 0.500. The molecule has 0 bridgehead atoms. The van der Waals surface area contributed by atoms with Gasteiger partial charge in [-0.3, -0.25) is 0 Å². The van der Waals surface area contributed by atoms with Crippen molar-refractivity contribution in [3.05, 3.63) is 26.0 Å². The zero-order chi connectivity index (χ0) is 6.83. The number of allylic oxidation sites excluding steroid dienone is 2. The monoisotopic (exact) mass is 201 g/mol. The van der Waals surface area contributed by atoms with E-state index in [2.05, 4.69) is 20.8 Å². The van der Waals surface area contributed by atoms with E-state index in [1.807, 2.05) is 13.0 Å². The van der Waals surface area contributed by atoms with Gasteiger partial charge in [0.05, 0.1) is 0 Å². The maximum Gasteiger partial charge on any atom is 0 e. The van der Waals surface area contributed by atoms with Crippen LogP contribution in [0.4, 0.5) is 0 Å². The molecule has 9 heavy (non-hydrogen) atoms. The first kappa shape index (κ1) is 16.4. The van der Waals surface area contributed by atoms with Crippen LogP contribution < -0.4 is 0 Å². The van der Waals surface area contributed by atoms with E-state index in [4.69, 9.17) is 0 Å². The molecule has 0 heterocycles. The minimum absolute atomic E-state index is 0. The summed E-state index contributed by atoms with van der Waals surface area (Å²) in [5.41, 5.74) is 0. The minimum atomic E-state index is 0. The van der Waals surface area contributed by atoms with Gasteiger partial charge in [-0.15, -0.1) is 6.92 Å². The van der Waals surface area contributed by atoms with Gasteiger partial charge in [-0.2, -0.15) is 6.42 Å². The van der Waals surface area contributed by atoms with Crippen LogP contribution in [0.1, 0.15) is 26.7 Å². The van der Waals surface area contributed by atoms with Gasteiger partial charge in [-0.1, -0.05) is 13.3 Å². The first-order chi connectivity index (χ1) is 3.83. The fourth-order valence-corrected chi connectivity index (χ4v) is 0. The summed E-state index contributed by atoms with van der Waals surface area (Å²) in [5.74, 6) is 0. The second-order valence-electron chi connectivity index (χ2n) is 1.42. The summed E-state index contributed by atoms with van der Waals surface area (Å²) >= 11 is 0. The third-order valence-corrected chi connectivity index (χ3v) is 0.589. The molecule has 0 saturated heterocycles. The van der Waals surface area contributed by atoms with E-state index in [1.165, 1.54) is 6.42 Å². The molecular weight excluding hydrogens is 185 g/mol. The van der Waals surface area contributed by atoms with E-state index < -0.39 is 0 Å². The molecule has 0 rings (SSSR count). The van der Waals surface area contributed by atoms with E-state index in [0.717, 1.165) is 6.42 Å². The van der Waals surface area contributed by atoms with Gasteiger partial charge in [-0.05, 0) is 0 Å². The van der Waals surface area contributed by atoms with Gasteiger partial charge in [-0.25, -0.2) is 19.1 Å². The Morgan fingerprint density at radius 1 is 1.44 bits per heavy atom. The van der Waals surface area contributed by atoms with Crippen LogP contribution in [-0.4, -0.2) is 0 Å². The smallest absolute Gasteiger partial charge is 0 e. The maximum atomic E-state index is 3.60. The summed E-state index contributed by atoms with van der Waals surface area (Å²) in [4.78, 5) is 0. The molecule has 0 fully saturated rings. The van der Waals surface area contributed by atoms with Crippen LogP contribution in [0.2, 0.25) is 0 Å². The van der Waals surface area contributed by atoms with Crippen LogP contribution >= 0.6 is 0 Å². The van der Waals surface area contributed by atoms with E-state index in [0.29, 0.717) is 0 Å². The molecule has 0 amide bonds. The van der Waals surface area contributed by atoms with Gasteiger partial charge in [0, 0.05) is 32.7 Å². The number of hydrogen-bond donors (Lipinski definition) is 0. The molecule has 0 spiro atoms. The molecule has 1 heteroatoms. The third-order valence-electron chi connectivity index (χ3n) is 0.589. The number of unbranched alkanes of at least 4 members (excludes halogenated alkanes) is 1. The summed E-state index contributed by atoms with van der Waals surface area (Å²) in [6.07, 6.45) is 5.92. The van der Waals surface area contributed by atoms with Crippen molar-refractivity contribution in [3.8, 4) is 0 Å². The number of rotatable bonds is 1. The van der Waals surface area contributed by atoms with Gasteiger partial charge in [0.2, 0.25) is 0 Å². The Bertz CT molecular complexity index is 33.8. The van der Waals surface area contributed by atoms with Crippen LogP contribution in [0.3, 0.4) is 0 Å². The van der Waals surface area contributed by atoms with Gasteiger partial charge in [0.1, 0.15) is 0 Å². The van der Waals surface area contributed by atoms with Crippen molar-refractivity contribution < 1.29 is 32.7 Å². The molecule has 0 aromatic carbocycles. The first-order valence-electron chi connectivity index (χ1n) is 3.03. The van der Waals surface area contributed by atoms with Crippen molar-refractivity contribution in [1.82, 2.24) is 0 Å². The fourth-order valence-electron chi connectivity index (χ4n) is 0. The van der Waals surface area contributed by atoms with E-state index in [9.17, 15) is 0 Å². The molecule has 0 aliphatic rings. The van der Waals surface area contributed by atoms with Crippen molar-refractivity contribution in [2.45, 2.75) is 26.7 Å². The van der Waals surface area contributed by atoms with Crippen molar-refractivity contribution in [2.75, 3.05) is 0 Å². The molecule has 0 N–H and O–H groups in total. The van der Waals surface area contributed by atoms with Crippen LogP contribution in [-0.2, 0) is 32.7 Å². The summed E-state index contributed by atoms with van der Waals surface area (Å²) in [7, 11) is 0. The summed E-state index contributed by atoms with van der Waals surface area (Å²) in [5, 5.41) is 0. The zero-order valence-electron chi connectivity index (χ0n) is 6.56. The van der Waals surface area contributed by atoms with Crippen LogP contribution in [0.5, 0.6) is 0 Å². The molecule has 0 aromatic heterocycles. The van der Waals surface area contributed by atoms with Crippen molar-refractivity contribution in [1.29, 1.82) is 0 Å². The molecule has 0 aliphatic carbocycles. The molecule has 0 unspecified atom stereocenters. The van der Waals surface area contributed by atoms with Gasteiger partial charge in [0.15, 0.2) is 0 Å². The Morgan fingerprint density at radius 2 is 1.67 bits per heavy atom. The Hall–Kier alpha value is 0.714. The van der Waals surface area contributed by atoms with E-state index >= 15 is 0 Å². The molecule has 53 valence electrons. The molecule has 0 aromatic rings.